The number of carbonyl (C=O) groups is 2. The van der Waals surface area contributed by atoms with Crippen LogP contribution in [0.1, 0.15) is 52.6 Å². The number of hydrogen-bond donors (Lipinski definition) is 3. The van der Waals surface area contributed by atoms with E-state index < -0.39 is 11.9 Å². The molecule has 3 heterocycles. The van der Waals surface area contributed by atoms with Gasteiger partial charge in [0.2, 0.25) is 5.91 Å². The maximum Gasteiger partial charge on any atom is 0.268 e. The van der Waals surface area contributed by atoms with Gasteiger partial charge in [0, 0.05) is 25.6 Å². The zero-order valence-electron chi connectivity index (χ0n) is 19.1. The lowest BCUT2D eigenvalue weighted by Gasteiger charge is -2.21. The predicted molar refractivity (Wildman–Crippen MR) is 134 cm³/mol. The van der Waals surface area contributed by atoms with Gasteiger partial charge in [0.1, 0.15) is 22.7 Å². The van der Waals surface area contributed by atoms with Crippen molar-refractivity contribution in [1.82, 2.24) is 25.6 Å². The highest BCUT2D eigenvalue weighted by atomic mass is 35.5. The van der Waals surface area contributed by atoms with E-state index in [9.17, 15) is 9.59 Å². The molecule has 184 valence electrons. The fraction of sp³-hybridized carbons (Fsp3) is 0.360. The highest BCUT2D eigenvalue weighted by Crippen LogP contribution is 2.25. The summed E-state index contributed by atoms with van der Waals surface area (Å²) in [5, 5.41) is 6.04. The van der Waals surface area contributed by atoms with Gasteiger partial charge in [-0.3, -0.25) is 9.59 Å². The summed E-state index contributed by atoms with van der Waals surface area (Å²) < 4.78 is 5.41. The maximum atomic E-state index is 13.0. The summed E-state index contributed by atoms with van der Waals surface area (Å²) in [6.07, 6.45) is 6.57. The molecule has 10 heteroatoms. The number of halogens is 2. The van der Waals surface area contributed by atoms with Gasteiger partial charge in [0.15, 0.2) is 0 Å². The van der Waals surface area contributed by atoms with Crippen LogP contribution in [0.4, 0.5) is 0 Å². The molecule has 1 aliphatic rings. The largest absolute Gasteiger partial charge is 0.381 e. The number of hydrogen-bond acceptors (Lipinski definition) is 5. The van der Waals surface area contributed by atoms with E-state index in [4.69, 9.17) is 27.9 Å². The van der Waals surface area contributed by atoms with E-state index in [0.717, 1.165) is 37.2 Å². The minimum atomic E-state index is -0.773. The Hall–Kier alpha value is -2.94. The number of carbonyl (C=O) groups excluding carboxylic acids is 2. The molecule has 3 N–H and O–H groups in total. The Balaban J connectivity index is 1.38. The van der Waals surface area contributed by atoms with Crippen molar-refractivity contribution in [2.24, 2.45) is 0 Å². The van der Waals surface area contributed by atoms with Crippen LogP contribution in [0.25, 0.3) is 0 Å². The zero-order valence-corrected chi connectivity index (χ0v) is 20.6. The number of aromatic amines is 1. The van der Waals surface area contributed by atoms with Crippen molar-refractivity contribution in [3.05, 3.63) is 81.6 Å². The number of aromatic nitrogens is 3. The molecule has 0 aliphatic carbocycles. The lowest BCUT2D eigenvalue weighted by molar-refractivity contribution is -0.123. The Kier molecular flexibility index (Phi) is 8.74. The highest BCUT2D eigenvalue weighted by molar-refractivity contribution is 6.41. The average Bonchev–Trinajstić information content (AvgIpc) is 3.24. The second-order valence-electron chi connectivity index (χ2n) is 8.43. The predicted octanol–water partition coefficient (Wildman–Crippen LogP) is 4.05. The first kappa shape index (κ1) is 25.2. The molecule has 35 heavy (non-hydrogen) atoms. The minimum Gasteiger partial charge on any atom is -0.381 e. The number of rotatable bonds is 9. The summed E-state index contributed by atoms with van der Waals surface area (Å²) in [4.78, 5) is 37.3. The van der Waals surface area contributed by atoms with Crippen LogP contribution in [0.5, 0.6) is 0 Å². The maximum absolute atomic E-state index is 13.0. The van der Waals surface area contributed by atoms with E-state index in [1.165, 1.54) is 6.07 Å². The first-order valence-electron chi connectivity index (χ1n) is 11.5. The quantitative estimate of drug-likeness (QED) is 0.398. The molecule has 1 fully saturated rings. The van der Waals surface area contributed by atoms with E-state index >= 15 is 0 Å². The molecule has 0 bridgehead atoms. The molecule has 0 saturated carbocycles. The zero-order chi connectivity index (χ0) is 24.6. The molecule has 4 rings (SSSR count). The van der Waals surface area contributed by atoms with Gasteiger partial charge in [-0.1, -0.05) is 53.5 Å². The monoisotopic (exact) mass is 515 g/mol. The van der Waals surface area contributed by atoms with Crippen molar-refractivity contribution in [2.75, 3.05) is 13.2 Å². The standard InChI is InChI=1S/C25H27Cl2N5O3/c26-19-12-21(31-23(19)27)25(34)32-20(7-6-16-4-2-1-3-5-16)24(33)30-15-22-28-13-18(14-29-22)17-8-10-35-11-9-17/h1-5,12-14,17,20,31H,6-11,15H2,(H,30,33)(H,32,34)/t20-/m0/s1. The minimum absolute atomic E-state index is 0.157. The number of nitrogens with one attached hydrogen (secondary N) is 3. The third kappa shape index (κ3) is 7.04. The number of nitrogens with zero attached hydrogens (tertiary/aromatic N) is 2. The van der Waals surface area contributed by atoms with E-state index in [1.54, 1.807) is 0 Å². The molecule has 1 aromatic carbocycles. The lowest BCUT2D eigenvalue weighted by atomic mass is 9.94. The smallest absolute Gasteiger partial charge is 0.268 e. The second-order valence-corrected chi connectivity index (χ2v) is 9.22. The van der Waals surface area contributed by atoms with Gasteiger partial charge in [-0.05, 0) is 48.8 Å². The van der Waals surface area contributed by atoms with Gasteiger partial charge in [0.25, 0.3) is 5.91 Å². The van der Waals surface area contributed by atoms with Crippen molar-refractivity contribution in [3.8, 4) is 0 Å². The molecular formula is C25H27Cl2N5O3. The Labute approximate surface area is 213 Å². The van der Waals surface area contributed by atoms with Gasteiger partial charge >= 0.3 is 0 Å². The molecule has 1 atom stereocenters. The topological polar surface area (TPSA) is 109 Å². The van der Waals surface area contributed by atoms with Crippen molar-refractivity contribution in [3.63, 3.8) is 0 Å². The van der Waals surface area contributed by atoms with E-state index in [1.807, 2.05) is 42.7 Å². The summed E-state index contributed by atoms with van der Waals surface area (Å²) in [5.74, 6) is 0.115. The fourth-order valence-electron chi connectivity index (χ4n) is 3.97. The van der Waals surface area contributed by atoms with E-state index in [-0.39, 0.29) is 28.3 Å². The van der Waals surface area contributed by atoms with Crippen LogP contribution in [0.15, 0.2) is 48.8 Å². The lowest BCUT2D eigenvalue weighted by Crippen LogP contribution is -2.47. The highest BCUT2D eigenvalue weighted by Gasteiger charge is 2.23. The first-order chi connectivity index (χ1) is 17.0. The number of aryl methyl sites for hydroxylation is 1. The van der Waals surface area contributed by atoms with Gasteiger partial charge in [0.05, 0.1) is 11.6 Å². The number of H-pyrrole nitrogens is 1. The molecule has 1 aliphatic heterocycles. The molecule has 0 spiro atoms. The van der Waals surface area contributed by atoms with E-state index in [0.29, 0.717) is 24.6 Å². The van der Waals surface area contributed by atoms with Gasteiger partial charge in [-0.2, -0.15) is 0 Å². The van der Waals surface area contributed by atoms with Crippen molar-refractivity contribution >= 4 is 35.0 Å². The van der Waals surface area contributed by atoms with Crippen LogP contribution in [-0.4, -0.2) is 46.0 Å². The Bertz CT molecular complexity index is 1110. The number of benzene rings is 1. The molecule has 2 amide bonds. The van der Waals surface area contributed by atoms with Crippen molar-refractivity contribution < 1.29 is 14.3 Å². The molecule has 1 saturated heterocycles. The molecule has 2 aromatic heterocycles. The molecule has 0 unspecified atom stereocenters. The third-order valence-corrected chi connectivity index (χ3v) is 6.69. The van der Waals surface area contributed by atoms with Gasteiger partial charge in [-0.15, -0.1) is 0 Å². The van der Waals surface area contributed by atoms with Crippen LogP contribution >= 0.6 is 23.2 Å². The van der Waals surface area contributed by atoms with E-state index in [2.05, 4.69) is 25.6 Å². The first-order valence-corrected chi connectivity index (χ1v) is 12.3. The Morgan fingerprint density at radius 2 is 1.83 bits per heavy atom. The summed E-state index contributed by atoms with van der Waals surface area (Å²) in [6.45, 7) is 1.66. The van der Waals surface area contributed by atoms with Crippen molar-refractivity contribution in [1.29, 1.82) is 0 Å². The van der Waals surface area contributed by atoms with Crippen molar-refractivity contribution in [2.45, 2.75) is 44.2 Å². The van der Waals surface area contributed by atoms with Crippen LogP contribution in [0, 0.1) is 0 Å². The summed E-state index contributed by atoms with van der Waals surface area (Å²) in [7, 11) is 0. The third-order valence-electron chi connectivity index (χ3n) is 5.99. The average molecular weight is 516 g/mol. The summed E-state index contributed by atoms with van der Waals surface area (Å²) in [5.41, 5.74) is 2.33. The van der Waals surface area contributed by atoms with Crippen LogP contribution in [-0.2, 0) is 22.5 Å². The summed E-state index contributed by atoms with van der Waals surface area (Å²) in [6, 6.07) is 10.4. The fourth-order valence-corrected chi connectivity index (χ4v) is 4.29. The number of amides is 2. The normalized spacial score (nSPS) is 14.9. The van der Waals surface area contributed by atoms with Gasteiger partial charge in [-0.25, -0.2) is 9.97 Å². The SMILES string of the molecule is O=C(N[C@@H](CCc1ccccc1)C(=O)NCc1ncc(C2CCOCC2)cn1)c1cc(Cl)c(Cl)[nH]1. The van der Waals surface area contributed by atoms with Crippen LogP contribution in [0.2, 0.25) is 10.2 Å². The van der Waals surface area contributed by atoms with Crippen LogP contribution in [0.3, 0.4) is 0 Å². The molecule has 3 aromatic rings. The molecule has 8 nitrogen and oxygen atoms in total. The Morgan fingerprint density at radius 3 is 2.49 bits per heavy atom. The number of ether oxygens (including phenoxy) is 1. The Morgan fingerprint density at radius 1 is 1.11 bits per heavy atom. The molecule has 0 radical (unpaired) electrons. The second kappa shape index (κ2) is 12.2. The van der Waals surface area contributed by atoms with Crippen LogP contribution < -0.4 is 10.6 Å². The summed E-state index contributed by atoms with van der Waals surface area (Å²) >= 11 is 11.9. The van der Waals surface area contributed by atoms with Gasteiger partial charge < -0.3 is 20.4 Å². The molecular weight excluding hydrogens is 489 g/mol.